The molecule has 11 heteroatoms. The molecule has 40 heavy (non-hydrogen) atoms. The Balaban J connectivity index is 1.57. The first-order valence-corrected chi connectivity index (χ1v) is 12.8. The van der Waals surface area contributed by atoms with E-state index in [0.717, 1.165) is 16.7 Å². The van der Waals surface area contributed by atoms with Crippen molar-refractivity contribution >= 4 is 41.2 Å². The summed E-state index contributed by atoms with van der Waals surface area (Å²) in [4.78, 5) is 36.6. The van der Waals surface area contributed by atoms with Gasteiger partial charge in [0.05, 0.1) is 25.0 Å². The SMILES string of the molecule is CCOc1cc(/C=N\NC(=O)C(=O)NCc2ccc(OC)cc2)cc(Cl)c1OCC(=O)Nc1ccc(C)cc1C. The Bertz CT molecular complexity index is 1390. The topological polar surface area (TPSA) is 127 Å². The molecule has 0 radical (unpaired) electrons. The number of methoxy groups -OCH3 is 1. The van der Waals surface area contributed by atoms with Gasteiger partial charge in [0.2, 0.25) is 0 Å². The Labute approximate surface area is 237 Å². The maximum Gasteiger partial charge on any atom is 0.329 e. The van der Waals surface area contributed by atoms with Crippen molar-refractivity contribution in [3.8, 4) is 17.2 Å². The maximum absolute atomic E-state index is 12.5. The molecular weight excluding hydrogens is 536 g/mol. The third-order valence-electron chi connectivity index (χ3n) is 5.53. The molecule has 0 atom stereocenters. The van der Waals surface area contributed by atoms with Crippen molar-refractivity contribution in [3.63, 3.8) is 0 Å². The predicted octanol–water partition coefficient (Wildman–Crippen LogP) is 4.15. The Morgan fingerprint density at radius 2 is 1.73 bits per heavy atom. The second-order valence-electron chi connectivity index (χ2n) is 8.65. The van der Waals surface area contributed by atoms with Crippen LogP contribution in [0.15, 0.2) is 59.7 Å². The van der Waals surface area contributed by atoms with Gasteiger partial charge in [0.15, 0.2) is 18.1 Å². The van der Waals surface area contributed by atoms with Gasteiger partial charge in [-0.3, -0.25) is 14.4 Å². The quantitative estimate of drug-likeness (QED) is 0.182. The molecular formula is C29H31ClN4O6. The maximum atomic E-state index is 12.5. The second kappa shape index (κ2) is 14.5. The van der Waals surface area contributed by atoms with E-state index in [4.69, 9.17) is 25.8 Å². The molecule has 3 amide bonds. The highest BCUT2D eigenvalue weighted by atomic mass is 35.5. The number of halogens is 1. The number of rotatable bonds is 11. The number of carbonyl (C=O) groups is 3. The third kappa shape index (κ3) is 8.74. The molecule has 0 aliphatic carbocycles. The van der Waals surface area contributed by atoms with E-state index < -0.39 is 11.8 Å². The standard InChI is InChI=1S/C29H31ClN4O6/c1-5-39-25-14-21(16-32-34-29(37)28(36)31-15-20-7-9-22(38-4)10-8-20)13-23(30)27(25)40-17-26(35)33-24-11-6-18(2)12-19(24)3/h6-14,16H,5,15,17H2,1-4H3,(H,31,36)(H,33,35)(H,34,37)/b32-16-. The minimum absolute atomic E-state index is 0.164. The van der Waals surface area contributed by atoms with Gasteiger partial charge in [-0.05, 0) is 67.8 Å². The van der Waals surface area contributed by atoms with E-state index in [1.807, 2.05) is 32.0 Å². The molecule has 3 aromatic carbocycles. The molecule has 210 valence electrons. The number of benzene rings is 3. The number of hydrogen-bond donors (Lipinski definition) is 3. The molecule has 0 heterocycles. The Kier molecular flexibility index (Phi) is 10.9. The van der Waals surface area contributed by atoms with Crippen LogP contribution in [0, 0.1) is 13.8 Å². The molecule has 0 fully saturated rings. The number of aryl methyl sites for hydroxylation is 2. The first kappa shape index (κ1) is 30.0. The number of carbonyl (C=O) groups excluding carboxylic acids is 3. The minimum atomic E-state index is -0.935. The molecule has 0 aliphatic rings. The zero-order valence-corrected chi connectivity index (χ0v) is 23.4. The Morgan fingerprint density at radius 1 is 0.975 bits per heavy atom. The van der Waals surface area contributed by atoms with Crippen LogP contribution in [-0.4, -0.2) is 44.3 Å². The molecule has 0 bridgehead atoms. The number of nitrogens with zero attached hydrogens (tertiary/aromatic N) is 1. The molecule has 3 rings (SSSR count). The second-order valence-corrected chi connectivity index (χ2v) is 9.06. The van der Waals surface area contributed by atoms with Crippen LogP contribution in [0.5, 0.6) is 17.2 Å². The van der Waals surface area contributed by atoms with Gasteiger partial charge in [-0.1, -0.05) is 41.4 Å². The van der Waals surface area contributed by atoms with Gasteiger partial charge in [0.25, 0.3) is 5.91 Å². The van der Waals surface area contributed by atoms with Gasteiger partial charge in [-0.2, -0.15) is 5.10 Å². The fourth-order valence-corrected chi connectivity index (χ4v) is 3.84. The van der Waals surface area contributed by atoms with Crippen LogP contribution >= 0.6 is 11.6 Å². The van der Waals surface area contributed by atoms with E-state index >= 15 is 0 Å². The number of ether oxygens (including phenoxy) is 3. The minimum Gasteiger partial charge on any atom is -0.497 e. The zero-order valence-electron chi connectivity index (χ0n) is 22.7. The summed E-state index contributed by atoms with van der Waals surface area (Å²) in [6.45, 7) is 5.86. The average Bonchev–Trinajstić information content (AvgIpc) is 2.93. The monoisotopic (exact) mass is 566 g/mol. The van der Waals surface area contributed by atoms with Gasteiger partial charge in [-0.15, -0.1) is 0 Å². The van der Waals surface area contributed by atoms with Crippen molar-refractivity contribution in [2.24, 2.45) is 5.10 Å². The average molecular weight is 567 g/mol. The fraction of sp³-hybridized carbons (Fsp3) is 0.241. The lowest BCUT2D eigenvalue weighted by Crippen LogP contribution is -2.37. The van der Waals surface area contributed by atoms with Crippen LogP contribution in [0.3, 0.4) is 0 Å². The lowest BCUT2D eigenvalue weighted by molar-refractivity contribution is -0.139. The van der Waals surface area contributed by atoms with E-state index in [9.17, 15) is 14.4 Å². The van der Waals surface area contributed by atoms with Crippen LogP contribution in [0.25, 0.3) is 0 Å². The molecule has 0 unspecified atom stereocenters. The molecule has 3 aromatic rings. The summed E-state index contributed by atoms with van der Waals surface area (Å²) in [5.74, 6) is -0.964. The summed E-state index contributed by atoms with van der Waals surface area (Å²) in [6.07, 6.45) is 1.31. The molecule has 0 saturated carbocycles. The van der Waals surface area contributed by atoms with Gasteiger partial charge < -0.3 is 24.8 Å². The summed E-state index contributed by atoms with van der Waals surface area (Å²) < 4.78 is 16.4. The number of nitrogens with one attached hydrogen (secondary N) is 3. The van der Waals surface area contributed by atoms with Crippen molar-refractivity contribution in [2.75, 3.05) is 25.6 Å². The molecule has 10 nitrogen and oxygen atoms in total. The van der Waals surface area contributed by atoms with E-state index in [1.54, 1.807) is 44.4 Å². The largest absolute Gasteiger partial charge is 0.497 e. The molecule has 0 spiro atoms. The number of hydrogen-bond acceptors (Lipinski definition) is 7. The summed E-state index contributed by atoms with van der Waals surface area (Å²) in [5, 5.41) is 9.33. The van der Waals surface area contributed by atoms with Gasteiger partial charge >= 0.3 is 11.8 Å². The first-order valence-electron chi connectivity index (χ1n) is 12.4. The normalized spacial score (nSPS) is 10.6. The van der Waals surface area contributed by atoms with Crippen molar-refractivity contribution < 1.29 is 28.6 Å². The summed E-state index contributed by atoms with van der Waals surface area (Å²) in [6, 6.07) is 15.9. The fourth-order valence-electron chi connectivity index (χ4n) is 3.57. The summed E-state index contributed by atoms with van der Waals surface area (Å²) in [5.41, 5.74) is 6.17. The van der Waals surface area contributed by atoms with E-state index in [1.165, 1.54) is 12.3 Å². The van der Waals surface area contributed by atoms with Crippen LogP contribution in [0.4, 0.5) is 5.69 Å². The van der Waals surface area contributed by atoms with Crippen molar-refractivity contribution in [1.29, 1.82) is 0 Å². The van der Waals surface area contributed by atoms with Crippen LogP contribution in [0.2, 0.25) is 5.02 Å². The lowest BCUT2D eigenvalue weighted by atomic mass is 10.1. The van der Waals surface area contributed by atoms with Crippen molar-refractivity contribution in [2.45, 2.75) is 27.3 Å². The Hall–Kier alpha value is -4.57. The number of amides is 3. The highest BCUT2D eigenvalue weighted by molar-refractivity contribution is 6.35. The number of hydrazone groups is 1. The first-order chi connectivity index (χ1) is 19.2. The van der Waals surface area contributed by atoms with Crippen LogP contribution < -0.4 is 30.3 Å². The van der Waals surface area contributed by atoms with E-state index in [0.29, 0.717) is 29.4 Å². The molecule has 0 saturated heterocycles. The lowest BCUT2D eigenvalue weighted by Gasteiger charge is -2.15. The summed E-state index contributed by atoms with van der Waals surface area (Å²) in [7, 11) is 1.56. The highest BCUT2D eigenvalue weighted by Gasteiger charge is 2.16. The molecule has 3 N–H and O–H groups in total. The van der Waals surface area contributed by atoms with Gasteiger partial charge in [0.1, 0.15) is 5.75 Å². The van der Waals surface area contributed by atoms with Gasteiger partial charge in [0, 0.05) is 12.2 Å². The highest BCUT2D eigenvalue weighted by Crippen LogP contribution is 2.36. The predicted molar refractivity (Wildman–Crippen MR) is 153 cm³/mol. The number of anilines is 1. The Morgan fingerprint density at radius 3 is 2.40 bits per heavy atom. The van der Waals surface area contributed by atoms with Crippen LogP contribution in [0.1, 0.15) is 29.2 Å². The zero-order chi connectivity index (χ0) is 29.1. The molecule has 0 aliphatic heterocycles. The smallest absolute Gasteiger partial charge is 0.329 e. The third-order valence-corrected chi connectivity index (χ3v) is 5.81. The van der Waals surface area contributed by atoms with E-state index in [-0.39, 0.29) is 29.8 Å². The van der Waals surface area contributed by atoms with Crippen molar-refractivity contribution in [3.05, 3.63) is 81.9 Å². The van der Waals surface area contributed by atoms with Crippen LogP contribution in [-0.2, 0) is 20.9 Å². The summed E-state index contributed by atoms with van der Waals surface area (Å²) >= 11 is 6.41. The molecule has 0 aromatic heterocycles. The van der Waals surface area contributed by atoms with E-state index in [2.05, 4.69) is 21.2 Å². The van der Waals surface area contributed by atoms with Crippen molar-refractivity contribution in [1.82, 2.24) is 10.7 Å². The van der Waals surface area contributed by atoms with Gasteiger partial charge in [-0.25, -0.2) is 5.43 Å².